The minimum absolute atomic E-state index is 0. The van der Waals surface area contributed by atoms with Crippen LogP contribution in [0.25, 0.3) is 0 Å². The molecule has 0 aliphatic carbocycles. The minimum Gasteiger partial charge on any atom is -0.356 e. The van der Waals surface area contributed by atoms with Gasteiger partial charge >= 0.3 is 0 Å². The first-order chi connectivity index (χ1) is 11.5. The standard InChI is InChI=1S/C17H28N6S.HI/c1-12-11-13(2)23(22-12)10-6-8-19-17(18-5)20-9-7-16-21-14(3)15(4)24-16;/h11H,6-10H2,1-5H3,(H2,18,19,20);1H. The minimum atomic E-state index is 0. The number of nitrogens with zero attached hydrogens (tertiary/aromatic N) is 4. The zero-order valence-electron chi connectivity index (χ0n) is 15.7. The van der Waals surface area contributed by atoms with Gasteiger partial charge in [-0.05, 0) is 40.2 Å². The molecular weight excluding hydrogens is 447 g/mol. The summed E-state index contributed by atoms with van der Waals surface area (Å²) in [5.74, 6) is 0.841. The van der Waals surface area contributed by atoms with Crippen LogP contribution in [0.3, 0.4) is 0 Å². The molecule has 0 atom stereocenters. The molecule has 2 aromatic heterocycles. The highest BCUT2D eigenvalue weighted by Gasteiger charge is 2.04. The Labute approximate surface area is 171 Å². The highest BCUT2D eigenvalue weighted by Crippen LogP contribution is 2.16. The van der Waals surface area contributed by atoms with Crippen LogP contribution in [0.15, 0.2) is 11.1 Å². The number of thiazole rings is 1. The van der Waals surface area contributed by atoms with Crippen molar-refractivity contribution in [2.75, 3.05) is 20.1 Å². The summed E-state index contributed by atoms with van der Waals surface area (Å²) in [5.41, 5.74) is 3.43. The Morgan fingerprint density at radius 2 is 1.92 bits per heavy atom. The molecule has 2 heterocycles. The van der Waals surface area contributed by atoms with Gasteiger partial charge in [-0.25, -0.2) is 4.98 Å². The Morgan fingerprint density at radius 1 is 1.20 bits per heavy atom. The lowest BCUT2D eigenvalue weighted by atomic mass is 10.4. The summed E-state index contributed by atoms with van der Waals surface area (Å²) in [4.78, 5) is 10.1. The average Bonchev–Trinajstić information content (AvgIpc) is 3.03. The van der Waals surface area contributed by atoms with Gasteiger partial charge in [-0.1, -0.05) is 0 Å². The Hall–Kier alpha value is -1.16. The molecule has 25 heavy (non-hydrogen) atoms. The van der Waals surface area contributed by atoms with Crippen molar-refractivity contribution in [3.05, 3.63) is 33.0 Å². The lowest BCUT2D eigenvalue weighted by molar-refractivity contribution is 0.555. The van der Waals surface area contributed by atoms with E-state index in [4.69, 9.17) is 0 Å². The molecule has 0 saturated heterocycles. The Bertz CT molecular complexity index is 672. The van der Waals surface area contributed by atoms with Crippen LogP contribution in [0.1, 0.15) is 33.4 Å². The quantitative estimate of drug-likeness (QED) is 0.279. The number of hydrogen-bond donors (Lipinski definition) is 2. The van der Waals surface area contributed by atoms with Crippen molar-refractivity contribution in [3.8, 4) is 0 Å². The average molecular weight is 476 g/mol. The number of hydrogen-bond acceptors (Lipinski definition) is 4. The first kappa shape index (κ1) is 21.9. The first-order valence-corrected chi connectivity index (χ1v) is 9.19. The van der Waals surface area contributed by atoms with Crippen molar-refractivity contribution in [1.29, 1.82) is 0 Å². The molecule has 0 bridgehead atoms. The molecule has 0 spiro atoms. The number of rotatable bonds is 7. The SMILES string of the molecule is CN=C(NCCCn1nc(C)cc1C)NCCc1nc(C)c(C)s1.I. The van der Waals surface area contributed by atoms with Crippen LogP contribution in [0.2, 0.25) is 0 Å². The lowest BCUT2D eigenvalue weighted by Gasteiger charge is -2.11. The van der Waals surface area contributed by atoms with E-state index >= 15 is 0 Å². The van der Waals surface area contributed by atoms with Gasteiger partial charge in [-0.15, -0.1) is 35.3 Å². The monoisotopic (exact) mass is 476 g/mol. The molecule has 6 nitrogen and oxygen atoms in total. The van der Waals surface area contributed by atoms with Crippen molar-refractivity contribution in [2.45, 2.75) is 47.1 Å². The summed E-state index contributed by atoms with van der Waals surface area (Å²) in [6.45, 7) is 10.9. The van der Waals surface area contributed by atoms with E-state index in [0.29, 0.717) is 0 Å². The van der Waals surface area contributed by atoms with Gasteiger partial charge < -0.3 is 10.6 Å². The third-order valence-corrected chi connectivity index (χ3v) is 5.00. The zero-order chi connectivity index (χ0) is 17.5. The molecule has 140 valence electrons. The normalized spacial score (nSPS) is 11.3. The lowest BCUT2D eigenvalue weighted by Crippen LogP contribution is -2.39. The van der Waals surface area contributed by atoms with Gasteiger partial charge in [0.15, 0.2) is 5.96 Å². The smallest absolute Gasteiger partial charge is 0.190 e. The molecule has 0 aliphatic rings. The summed E-state index contributed by atoms with van der Waals surface area (Å²) in [5, 5.41) is 12.3. The molecule has 2 N–H and O–H groups in total. The fourth-order valence-corrected chi connectivity index (χ4v) is 3.42. The second kappa shape index (κ2) is 10.7. The number of nitrogens with one attached hydrogen (secondary N) is 2. The molecule has 0 saturated carbocycles. The van der Waals surface area contributed by atoms with Gasteiger partial charge in [-0.3, -0.25) is 9.67 Å². The fraction of sp³-hybridized carbons (Fsp3) is 0.588. The number of aromatic nitrogens is 3. The van der Waals surface area contributed by atoms with E-state index in [1.165, 1.54) is 15.6 Å². The maximum Gasteiger partial charge on any atom is 0.190 e. The summed E-state index contributed by atoms with van der Waals surface area (Å²) in [6, 6.07) is 2.11. The second-order valence-electron chi connectivity index (χ2n) is 5.93. The van der Waals surface area contributed by atoms with E-state index in [0.717, 1.165) is 49.8 Å². The molecule has 8 heteroatoms. The Kier molecular flexibility index (Phi) is 9.41. The first-order valence-electron chi connectivity index (χ1n) is 8.38. The molecule has 0 aromatic carbocycles. The van der Waals surface area contributed by atoms with E-state index in [1.807, 2.05) is 6.92 Å². The van der Waals surface area contributed by atoms with E-state index in [-0.39, 0.29) is 24.0 Å². The summed E-state index contributed by atoms with van der Waals surface area (Å²) >= 11 is 1.77. The maximum absolute atomic E-state index is 4.56. The van der Waals surface area contributed by atoms with Crippen LogP contribution in [-0.2, 0) is 13.0 Å². The Balaban J connectivity index is 0.00000312. The zero-order valence-corrected chi connectivity index (χ0v) is 18.9. The van der Waals surface area contributed by atoms with E-state index in [1.54, 1.807) is 18.4 Å². The predicted molar refractivity (Wildman–Crippen MR) is 116 cm³/mol. The van der Waals surface area contributed by atoms with Gasteiger partial charge in [0.1, 0.15) is 0 Å². The maximum atomic E-state index is 4.56. The predicted octanol–water partition coefficient (Wildman–Crippen LogP) is 2.99. The van der Waals surface area contributed by atoms with Crippen LogP contribution < -0.4 is 10.6 Å². The third kappa shape index (κ3) is 6.93. The molecular formula is C17H29IN6S. The van der Waals surface area contributed by atoms with Crippen molar-refractivity contribution in [1.82, 2.24) is 25.4 Å². The molecule has 0 radical (unpaired) electrons. The number of guanidine groups is 1. The summed E-state index contributed by atoms with van der Waals surface area (Å²) < 4.78 is 2.06. The number of halogens is 1. The van der Waals surface area contributed by atoms with E-state index in [9.17, 15) is 0 Å². The number of aliphatic imine (C=N–C) groups is 1. The van der Waals surface area contributed by atoms with Crippen molar-refractivity contribution in [2.24, 2.45) is 4.99 Å². The van der Waals surface area contributed by atoms with Crippen LogP contribution >= 0.6 is 35.3 Å². The van der Waals surface area contributed by atoms with Crippen LogP contribution in [0.4, 0.5) is 0 Å². The Morgan fingerprint density at radius 3 is 2.48 bits per heavy atom. The van der Waals surface area contributed by atoms with Gasteiger partial charge in [0, 0.05) is 43.7 Å². The van der Waals surface area contributed by atoms with Gasteiger partial charge in [0.2, 0.25) is 0 Å². The van der Waals surface area contributed by atoms with Crippen molar-refractivity contribution in [3.63, 3.8) is 0 Å². The largest absolute Gasteiger partial charge is 0.356 e. The van der Waals surface area contributed by atoms with Crippen molar-refractivity contribution < 1.29 is 0 Å². The van der Waals surface area contributed by atoms with Gasteiger partial charge in [-0.2, -0.15) is 5.10 Å². The molecule has 2 rings (SSSR count). The highest BCUT2D eigenvalue weighted by molar-refractivity contribution is 14.0. The molecule has 0 unspecified atom stereocenters. The second-order valence-corrected chi connectivity index (χ2v) is 7.22. The fourth-order valence-electron chi connectivity index (χ4n) is 2.49. The van der Waals surface area contributed by atoms with Crippen LogP contribution in [-0.4, -0.2) is 40.9 Å². The van der Waals surface area contributed by atoms with E-state index < -0.39 is 0 Å². The summed E-state index contributed by atoms with van der Waals surface area (Å²) in [6.07, 6.45) is 1.93. The van der Waals surface area contributed by atoms with Crippen LogP contribution in [0, 0.1) is 27.7 Å². The van der Waals surface area contributed by atoms with Crippen molar-refractivity contribution >= 4 is 41.3 Å². The number of aryl methyl sites for hydroxylation is 5. The topological polar surface area (TPSA) is 67.1 Å². The van der Waals surface area contributed by atoms with Crippen LogP contribution in [0.5, 0.6) is 0 Å². The third-order valence-electron chi connectivity index (χ3n) is 3.87. The molecule has 0 fully saturated rings. The molecule has 0 amide bonds. The van der Waals surface area contributed by atoms with E-state index in [2.05, 4.69) is 57.2 Å². The molecule has 0 aliphatic heterocycles. The highest BCUT2D eigenvalue weighted by atomic mass is 127. The van der Waals surface area contributed by atoms with Gasteiger partial charge in [0.25, 0.3) is 0 Å². The molecule has 2 aromatic rings. The summed E-state index contributed by atoms with van der Waals surface area (Å²) in [7, 11) is 1.80. The van der Waals surface area contributed by atoms with Gasteiger partial charge in [0.05, 0.1) is 16.4 Å².